The summed E-state index contributed by atoms with van der Waals surface area (Å²) in [6.45, 7) is 7.18. The second-order valence-corrected chi connectivity index (χ2v) is 7.53. The van der Waals surface area contributed by atoms with Crippen LogP contribution in [0.1, 0.15) is 37.5 Å². The fourth-order valence-electron chi connectivity index (χ4n) is 3.62. The van der Waals surface area contributed by atoms with E-state index in [1.54, 1.807) is 13.4 Å². The topological polar surface area (TPSA) is 62.0 Å². The number of hydrogen-bond acceptors (Lipinski definition) is 4. The average molecular weight is 526 g/mol. The van der Waals surface area contributed by atoms with Crippen molar-refractivity contribution in [2.45, 2.75) is 45.2 Å². The summed E-state index contributed by atoms with van der Waals surface area (Å²) in [5.41, 5.74) is 1.16. The Morgan fingerprint density at radius 1 is 1.20 bits per heavy atom. The minimum atomic E-state index is 0. The van der Waals surface area contributed by atoms with Crippen LogP contribution in [0.15, 0.2) is 52.1 Å². The monoisotopic (exact) mass is 526 g/mol. The third-order valence-corrected chi connectivity index (χ3v) is 5.29. The fourth-order valence-corrected chi connectivity index (χ4v) is 3.62. The largest absolute Gasteiger partial charge is 0.497 e. The van der Waals surface area contributed by atoms with Gasteiger partial charge in [-0.2, -0.15) is 0 Å². The highest BCUT2D eigenvalue weighted by atomic mass is 127. The van der Waals surface area contributed by atoms with Crippen LogP contribution in [0.5, 0.6) is 5.75 Å². The van der Waals surface area contributed by atoms with Gasteiger partial charge in [0.1, 0.15) is 11.5 Å². The van der Waals surface area contributed by atoms with E-state index in [1.807, 2.05) is 24.3 Å². The van der Waals surface area contributed by atoms with E-state index in [4.69, 9.17) is 14.1 Å². The first-order valence-electron chi connectivity index (χ1n) is 10.7. The van der Waals surface area contributed by atoms with Gasteiger partial charge >= 0.3 is 0 Å². The first kappa shape index (κ1) is 24.5. The molecule has 1 aliphatic heterocycles. The molecule has 0 atom stereocenters. The van der Waals surface area contributed by atoms with E-state index in [9.17, 15) is 0 Å². The second-order valence-electron chi connectivity index (χ2n) is 7.53. The molecule has 0 saturated carbocycles. The normalized spacial score (nSPS) is 15.5. The lowest BCUT2D eigenvalue weighted by Gasteiger charge is -2.32. The molecule has 2 N–H and O–H groups in total. The molecular weight excluding hydrogens is 491 g/mol. The van der Waals surface area contributed by atoms with Crippen LogP contribution in [-0.4, -0.2) is 50.2 Å². The van der Waals surface area contributed by atoms with Crippen molar-refractivity contribution >= 4 is 29.9 Å². The quantitative estimate of drug-likeness (QED) is 0.293. The van der Waals surface area contributed by atoms with Gasteiger partial charge in [0.25, 0.3) is 0 Å². The molecule has 30 heavy (non-hydrogen) atoms. The highest BCUT2D eigenvalue weighted by Crippen LogP contribution is 2.13. The fraction of sp³-hybridized carbons (Fsp3) is 0.522. The maximum absolute atomic E-state index is 5.43. The molecule has 1 saturated heterocycles. The van der Waals surface area contributed by atoms with Gasteiger partial charge in [0.15, 0.2) is 5.96 Å². The minimum Gasteiger partial charge on any atom is -0.497 e. The Labute approximate surface area is 197 Å². The summed E-state index contributed by atoms with van der Waals surface area (Å²) in [5.74, 6) is 2.73. The molecule has 6 nitrogen and oxygen atoms in total. The zero-order valence-electron chi connectivity index (χ0n) is 18.1. The van der Waals surface area contributed by atoms with Gasteiger partial charge in [0.05, 0.1) is 19.9 Å². The lowest BCUT2D eigenvalue weighted by atomic mass is 10.1. The zero-order valence-corrected chi connectivity index (χ0v) is 20.4. The van der Waals surface area contributed by atoms with Crippen LogP contribution in [0.4, 0.5) is 0 Å². The molecule has 2 heterocycles. The third kappa shape index (κ3) is 8.18. The van der Waals surface area contributed by atoms with Crippen LogP contribution in [-0.2, 0) is 13.0 Å². The third-order valence-electron chi connectivity index (χ3n) is 5.29. The van der Waals surface area contributed by atoms with Crippen LogP contribution < -0.4 is 15.4 Å². The second kappa shape index (κ2) is 13.5. The van der Waals surface area contributed by atoms with E-state index >= 15 is 0 Å². The lowest BCUT2D eigenvalue weighted by molar-refractivity contribution is 0.206. The van der Waals surface area contributed by atoms with Gasteiger partial charge in [-0.15, -0.1) is 24.0 Å². The number of piperidine rings is 1. The van der Waals surface area contributed by atoms with Gasteiger partial charge in [-0.1, -0.05) is 19.1 Å². The summed E-state index contributed by atoms with van der Waals surface area (Å²) in [6.07, 6.45) is 6.09. The van der Waals surface area contributed by atoms with E-state index in [1.165, 1.54) is 13.0 Å². The van der Waals surface area contributed by atoms with Crippen molar-refractivity contribution in [3.05, 3.63) is 54.0 Å². The van der Waals surface area contributed by atoms with Crippen molar-refractivity contribution in [2.75, 3.05) is 33.3 Å². The number of hydrogen-bond donors (Lipinski definition) is 2. The molecule has 0 unspecified atom stereocenters. The van der Waals surface area contributed by atoms with Crippen molar-refractivity contribution < 1.29 is 9.15 Å². The van der Waals surface area contributed by atoms with E-state index in [0.717, 1.165) is 61.9 Å². The standard InChI is InChI=1S/C23H34N4O2.HI/c1-3-14-27-15-11-20(12-16-27)26-23(24-13-10-22-5-4-17-29-22)25-18-19-6-8-21(28-2)9-7-19;/h4-9,17,20H,3,10-16,18H2,1-2H3,(H2,24,25,26);1H. The molecule has 1 fully saturated rings. The van der Waals surface area contributed by atoms with E-state index in [2.05, 4.69) is 34.6 Å². The maximum Gasteiger partial charge on any atom is 0.191 e. The summed E-state index contributed by atoms with van der Waals surface area (Å²) < 4.78 is 10.7. The number of halogens is 1. The molecule has 1 aromatic carbocycles. The number of nitrogens with zero attached hydrogens (tertiary/aromatic N) is 2. The van der Waals surface area contributed by atoms with Crippen molar-refractivity contribution in [1.29, 1.82) is 0 Å². The number of guanidine groups is 1. The Balaban J connectivity index is 0.00000320. The van der Waals surface area contributed by atoms with Crippen molar-refractivity contribution in [3.63, 3.8) is 0 Å². The Morgan fingerprint density at radius 3 is 2.60 bits per heavy atom. The molecule has 1 aromatic heterocycles. The van der Waals surface area contributed by atoms with E-state index in [0.29, 0.717) is 12.6 Å². The van der Waals surface area contributed by atoms with E-state index < -0.39 is 0 Å². The van der Waals surface area contributed by atoms with Crippen molar-refractivity contribution in [2.24, 2.45) is 4.99 Å². The first-order valence-corrected chi connectivity index (χ1v) is 10.7. The van der Waals surface area contributed by atoms with Crippen molar-refractivity contribution in [3.8, 4) is 5.75 Å². The maximum atomic E-state index is 5.43. The predicted molar refractivity (Wildman–Crippen MR) is 133 cm³/mol. The minimum absolute atomic E-state index is 0. The number of nitrogens with one attached hydrogen (secondary N) is 2. The Hall–Kier alpha value is -1.74. The molecule has 0 spiro atoms. The van der Waals surface area contributed by atoms with Crippen LogP contribution in [0, 0.1) is 0 Å². The molecule has 2 aromatic rings. The number of methoxy groups -OCH3 is 1. The number of likely N-dealkylation sites (tertiary alicyclic amines) is 1. The number of benzene rings is 1. The number of ether oxygens (including phenoxy) is 1. The molecule has 7 heteroatoms. The van der Waals surface area contributed by atoms with Crippen LogP contribution in [0.25, 0.3) is 0 Å². The average Bonchev–Trinajstić information content (AvgIpc) is 3.27. The van der Waals surface area contributed by atoms with Gasteiger partial charge in [0, 0.05) is 32.1 Å². The zero-order chi connectivity index (χ0) is 20.3. The summed E-state index contributed by atoms with van der Waals surface area (Å²) in [6, 6.07) is 12.5. The first-order chi connectivity index (χ1) is 14.3. The molecule has 166 valence electrons. The molecule has 0 amide bonds. The van der Waals surface area contributed by atoms with Gasteiger partial charge in [-0.25, -0.2) is 4.99 Å². The Bertz CT molecular complexity index is 726. The summed E-state index contributed by atoms with van der Waals surface area (Å²) in [7, 11) is 1.68. The molecule has 0 radical (unpaired) electrons. The molecule has 1 aliphatic rings. The highest BCUT2D eigenvalue weighted by molar-refractivity contribution is 14.0. The van der Waals surface area contributed by atoms with E-state index in [-0.39, 0.29) is 24.0 Å². The Kier molecular flexibility index (Phi) is 11.1. The van der Waals surface area contributed by atoms with Gasteiger partial charge in [-0.3, -0.25) is 0 Å². The number of aliphatic imine (C=N–C) groups is 1. The molecule has 0 bridgehead atoms. The van der Waals surface area contributed by atoms with Crippen LogP contribution >= 0.6 is 24.0 Å². The summed E-state index contributed by atoms with van der Waals surface area (Å²) in [5, 5.41) is 7.12. The molecule has 3 rings (SSSR count). The van der Waals surface area contributed by atoms with Gasteiger partial charge in [-0.05, 0) is 55.6 Å². The Morgan fingerprint density at radius 2 is 1.97 bits per heavy atom. The number of rotatable bonds is 9. The molecular formula is C23H35IN4O2. The number of furan rings is 1. The van der Waals surface area contributed by atoms with Gasteiger partial charge < -0.3 is 24.7 Å². The summed E-state index contributed by atoms with van der Waals surface area (Å²) in [4.78, 5) is 7.38. The SMILES string of the molecule is CCCN1CCC(NC(=NCc2ccc(OC)cc2)NCCc2ccco2)CC1.I. The van der Waals surface area contributed by atoms with Crippen molar-refractivity contribution in [1.82, 2.24) is 15.5 Å². The highest BCUT2D eigenvalue weighted by Gasteiger charge is 2.19. The predicted octanol–water partition coefficient (Wildman–Crippen LogP) is 4.06. The van der Waals surface area contributed by atoms with Crippen LogP contribution in [0.3, 0.4) is 0 Å². The lowest BCUT2D eigenvalue weighted by Crippen LogP contribution is -2.49. The smallest absolute Gasteiger partial charge is 0.191 e. The molecule has 0 aliphatic carbocycles. The van der Waals surface area contributed by atoms with Crippen LogP contribution in [0.2, 0.25) is 0 Å². The van der Waals surface area contributed by atoms with Gasteiger partial charge in [0.2, 0.25) is 0 Å². The summed E-state index contributed by atoms with van der Waals surface area (Å²) >= 11 is 0.